The number of rotatable bonds is 2. The number of hydrogen-bond donors (Lipinski definition) is 2. The van der Waals surface area contributed by atoms with Crippen molar-refractivity contribution in [3.63, 3.8) is 0 Å². The molecule has 3 N–H and O–H groups in total. The molecule has 6 heteroatoms. The van der Waals surface area contributed by atoms with Crippen molar-refractivity contribution in [1.29, 1.82) is 5.41 Å². The average Bonchev–Trinajstić information content (AvgIpc) is 2.83. The highest BCUT2D eigenvalue weighted by atomic mass is 35.5. The standard InChI is InChI=1S/C13H14ClN5/c14-9-6-17-19(7-9)13-10(12(15)16)5-8-3-1-2-4-11(8)18-13/h5-7H,1-4H2,(H3,15,16). The highest BCUT2D eigenvalue weighted by Crippen LogP contribution is 2.24. The summed E-state index contributed by atoms with van der Waals surface area (Å²) < 4.78 is 1.58. The first-order chi connectivity index (χ1) is 9.15. The van der Waals surface area contributed by atoms with Gasteiger partial charge in [0.2, 0.25) is 0 Å². The second kappa shape index (κ2) is 4.66. The molecule has 19 heavy (non-hydrogen) atoms. The highest BCUT2D eigenvalue weighted by molar-refractivity contribution is 6.30. The maximum absolute atomic E-state index is 7.71. The Kier molecular flexibility index (Phi) is 2.98. The topological polar surface area (TPSA) is 80.6 Å². The maximum atomic E-state index is 7.71. The predicted octanol–water partition coefficient (Wildman–Crippen LogP) is 2.08. The van der Waals surface area contributed by atoms with E-state index in [1.165, 1.54) is 12.0 Å². The number of nitrogens with two attached hydrogens (primary N) is 1. The number of halogens is 1. The Morgan fingerprint density at radius 1 is 1.37 bits per heavy atom. The number of fused-ring (bicyclic) bond motifs is 1. The van der Waals surface area contributed by atoms with Gasteiger partial charge >= 0.3 is 0 Å². The first-order valence-corrected chi connectivity index (χ1v) is 6.60. The summed E-state index contributed by atoms with van der Waals surface area (Å²) in [6.45, 7) is 0. The van der Waals surface area contributed by atoms with Gasteiger partial charge in [-0.1, -0.05) is 11.6 Å². The number of hydrogen-bond acceptors (Lipinski definition) is 3. The molecule has 0 amide bonds. The van der Waals surface area contributed by atoms with Gasteiger partial charge in [0.1, 0.15) is 5.84 Å². The fourth-order valence-corrected chi connectivity index (χ4v) is 2.55. The molecule has 2 aromatic rings. The molecular formula is C13H14ClN5. The third kappa shape index (κ3) is 2.21. The summed E-state index contributed by atoms with van der Waals surface area (Å²) in [7, 11) is 0. The quantitative estimate of drug-likeness (QED) is 0.650. The number of nitrogens with zero attached hydrogens (tertiary/aromatic N) is 3. The van der Waals surface area contributed by atoms with Crippen LogP contribution in [-0.2, 0) is 12.8 Å². The van der Waals surface area contributed by atoms with Crippen molar-refractivity contribution < 1.29 is 0 Å². The maximum Gasteiger partial charge on any atom is 0.164 e. The number of amidine groups is 1. The molecule has 0 unspecified atom stereocenters. The second-order valence-electron chi connectivity index (χ2n) is 4.69. The average molecular weight is 276 g/mol. The largest absolute Gasteiger partial charge is 0.384 e. The zero-order chi connectivity index (χ0) is 13.4. The number of pyridine rings is 1. The van der Waals surface area contributed by atoms with Crippen LogP contribution in [0, 0.1) is 5.41 Å². The molecule has 1 aliphatic carbocycles. The summed E-state index contributed by atoms with van der Waals surface area (Å²) in [6.07, 6.45) is 7.51. The van der Waals surface area contributed by atoms with Crippen LogP contribution in [0.15, 0.2) is 18.5 Å². The van der Waals surface area contributed by atoms with Crippen molar-refractivity contribution in [1.82, 2.24) is 14.8 Å². The molecule has 0 saturated heterocycles. The highest BCUT2D eigenvalue weighted by Gasteiger charge is 2.18. The van der Waals surface area contributed by atoms with E-state index in [1.807, 2.05) is 6.07 Å². The fraction of sp³-hybridized carbons (Fsp3) is 0.308. The van der Waals surface area contributed by atoms with Crippen molar-refractivity contribution in [2.24, 2.45) is 5.73 Å². The Morgan fingerprint density at radius 3 is 2.84 bits per heavy atom. The number of nitrogens with one attached hydrogen (secondary N) is 1. The fourth-order valence-electron chi connectivity index (χ4n) is 2.41. The van der Waals surface area contributed by atoms with E-state index in [-0.39, 0.29) is 5.84 Å². The smallest absolute Gasteiger partial charge is 0.164 e. The van der Waals surface area contributed by atoms with Crippen LogP contribution in [-0.4, -0.2) is 20.6 Å². The minimum atomic E-state index is 0.00231. The van der Waals surface area contributed by atoms with Gasteiger partial charge in [-0.15, -0.1) is 0 Å². The second-order valence-corrected chi connectivity index (χ2v) is 5.13. The van der Waals surface area contributed by atoms with Gasteiger partial charge in [-0.2, -0.15) is 5.10 Å². The van der Waals surface area contributed by atoms with Gasteiger partial charge in [0.25, 0.3) is 0 Å². The van der Waals surface area contributed by atoms with E-state index in [0.29, 0.717) is 16.4 Å². The van der Waals surface area contributed by atoms with Crippen LogP contribution in [0.3, 0.4) is 0 Å². The van der Waals surface area contributed by atoms with E-state index in [0.717, 1.165) is 25.0 Å². The predicted molar refractivity (Wildman–Crippen MR) is 74.0 cm³/mol. The minimum absolute atomic E-state index is 0.00231. The van der Waals surface area contributed by atoms with E-state index in [9.17, 15) is 0 Å². The summed E-state index contributed by atoms with van der Waals surface area (Å²) in [5.74, 6) is 0.586. The van der Waals surface area contributed by atoms with Gasteiger partial charge in [0, 0.05) is 5.69 Å². The first kappa shape index (κ1) is 12.2. The third-order valence-corrected chi connectivity index (χ3v) is 3.53. The van der Waals surface area contributed by atoms with E-state index in [2.05, 4.69) is 10.1 Å². The van der Waals surface area contributed by atoms with Crippen molar-refractivity contribution >= 4 is 17.4 Å². The lowest BCUT2D eigenvalue weighted by atomic mass is 9.94. The summed E-state index contributed by atoms with van der Waals surface area (Å²) >= 11 is 5.89. The lowest BCUT2D eigenvalue weighted by Gasteiger charge is -2.18. The monoisotopic (exact) mass is 275 g/mol. The van der Waals surface area contributed by atoms with Crippen molar-refractivity contribution in [3.8, 4) is 5.82 Å². The van der Waals surface area contributed by atoms with Gasteiger partial charge in [-0.3, -0.25) is 5.41 Å². The molecule has 1 aliphatic rings. The Hall–Kier alpha value is -1.88. The number of aryl methyl sites for hydroxylation is 2. The SMILES string of the molecule is N=C(N)c1cc2c(nc1-n1cc(Cl)cn1)CCCC2. The summed E-state index contributed by atoms with van der Waals surface area (Å²) in [5.41, 5.74) is 8.55. The minimum Gasteiger partial charge on any atom is -0.384 e. The van der Waals surface area contributed by atoms with Crippen LogP contribution in [0.1, 0.15) is 29.7 Å². The molecule has 5 nitrogen and oxygen atoms in total. The van der Waals surface area contributed by atoms with E-state index < -0.39 is 0 Å². The first-order valence-electron chi connectivity index (χ1n) is 6.23. The van der Waals surface area contributed by atoms with E-state index >= 15 is 0 Å². The lowest BCUT2D eigenvalue weighted by Crippen LogP contribution is -2.19. The molecule has 0 radical (unpaired) electrons. The summed E-state index contributed by atoms with van der Waals surface area (Å²) in [5, 5.41) is 12.4. The van der Waals surface area contributed by atoms with Gasteiger partial charge < -0.3 is 5.73 Å². The molecule has 0 aliphatic heterocycles. The van der Waals surface area contributed by atoms with Crippen LogP contribution >= 0.6 is 11.6 Å². The molecule has 98 valence electrons. The lowest BCUT2D eigenvalue weighted by molar-refractivity contribution is 0.661. The Bertz CT molecular complexity index is 646. The van der Waals surface area contributed by atoms with Crippen molar-refractivity contribution in [2.45, 2.75) is 25.7 Å². The summed E-state index contributed by atoms with van der Waals surface area (Å²) in [4.78, 5) is 4.64. The number of aromatic nitrogens is 3. The summed E-state index contributed by atoms with van der Waals surface area (Å²) in [6, 6.07) is 1.97. The molecule has 0 aromatic carbocycles. The normalized spacial score (nSPS) is 14.2. The molecule has 2 heterocycles. The van der Waals surface area contributed by atoms with Crippen LogP contribution in [0.5, 0.6) is 0 Å². The van der Waals surface area contributed by atoms with Crippen LogP contribution in [0.4, 0.5) is 0 Å². The molecule has 0 fully saturated rings. The Balaban J connectivity index is 2.18. The van der Waals surface area contributed by atoms with Gasteiger partial charge in [0.15, 0.2) is 5.82 Å². The Labute approximate surface area is 115 Å². The molecule has 0 spiro atoms. The molecule has 3 rings (SSSR count). The van der Waals surface area contributed by atoms with Gasteiger partial charge in [-0.05, 0) is 37.3 Å². The molecule has 0 bridgehead atoms. The molecule has 0 saturated carbocycles. The molecule has 2 aromatic heterocycles. The molecule has 0 atom stereocenters. The van der Waals surface area contributed by atoms with E-state index in [4.69, 9.17) is 22.7 Å². The third-order valence-electron chi connectivity index (χ3n) is 3.34. The van der Waals surface area contributed by atoms with Gasteiger partial charge in [-0.25, -0.2) is 9.67 Å². The van der Waals surface area contributed by atoms with Crippen LogP contribution in [0.25, 0.3) is 5.82 Å². The van der Waals surface area contributed by atoms with Crippen LogP contribution < -0.4 is 5.73 Å². The Morgan fingerprint density at radius 2 is 2.16 bits per heavy atom. The van der Waals surface area contributed by atoms with Crippen molar-refractivity contribution in [3.05, 3.63) is 40.3 Å². The van der Waals surface area contributed by atoms with Crippen molar-refractivity contribution in [2.75, 3.05) is 0 Å². The van der Waals surface area contributed by atoms with E-state index in [1.54, 1.807) is 17.1 Å². The number of nitrogen functional groups attached to an aromatic ring is 1. The van der Waals surface area contributed by atoms with Crippen LogP contribution in [0.2, 0.25) is 5.02 Å². The molecular weight excluding hydrogens is 262 g/mol. The van der Waals surface area contributed by atoms with Gasteiger partial charge in [0.05, 0.1) is 23.0 Å². The zero-order valence-electron chi connectivity index (χ0n) is 10.4. The zero-order valence-corrected chi connectivity index (χ0v) is 11.1.